The molecule has 1 saturated heterocycles. The molecule has 178 valence electrons. The third-order valence-corrected chi connectivity index (χ3v) is 5.20. The van der Waals surface area contributed by atoms with Crippen LogP contribution < -0.4 is 0 Å². The largest absolute Gasteiger partial charge is 0.434 e. The summed E-state index contributed by atoms with van der Waals surface area (Å²) in [6.45, 7) is 1.28. The molecule has 2 N–H and O–H groups in total. The van der Waals surface area contributed by atoms with Gasteiger partial charge in [0.15, 0.2) is 0 Å². The van der Waals surface area contributed by atoms with Crippen molar-refractivity contribution in [1.82, 2.24) is 19.8 Å². The van der Waals surface area contributed by atoms with Gasteiger partial charge in [0.1, 0.15) is 11.5 Å². The standard InChI is InChI=1S/C18H21F6N5O3/c1-16(28(2)13(30)11-10-26-12(27-11)4-3-7-25)5-8-29(9-6-16)15(31)32-14(17(19,20)21)18(22,23)24/h3-4,7,10,14,25H,5-6,8-9H2,1-2H3,(H,26,27)/b4-3-,25-7?. The lowest BCUT2D eigenvalue weighted by molar-refractivity contribution is -0.308. The first-order chi connectivity index (χ1) is 14.7. The van der Waals surface area contributed by atoms with Crippen molar-refractivity contribution in [3.8, 4) is 0 Å². The van der Waals surface area contributed by atoms with E-state index in [4.69, 9.17) is 5.41 Å². The molecule has 1 aliphatic rings. The molecule has 2 rings (SSSR count). The van der Waals surface area contributed by atoms with Crippen molar-refractivity contribution in [3.63, 3.8) is 0 Å². The van der Waals surface area contributed by atoms with Gasteiger partial charge in [-0.3, -0.25) is 4.79 Å². The number of aromatic nitrogens is 2. The number of halogens is 6. The maximum absolute atomic E-state index is 12.7. The summed E-state index contributed by atoms with van der Waals surface area (Å²) in [5, 5.41) is 6.94. The molecule has 32 heavy (non-hydrogen) atoms. The number of allylic oxidation sites excluding steroid dienone is 1. The van der Waals surface area contributed by atoms with Crippen LogP contribution in [0, 0.1) is 5.41 Å². The lowest BCUT2D eigenvalue weighted by Crippen LogP contribution is -2.56. The van der Waals surface area contributed by atoms with Crippen LogP contribution in [0.2, 0.25) is 0 Å². The van der Waals surface area contributed by atoms with Gasteiger partial charge in [-0.1, -0.05) is 0 Å². The van der Waals surface area contributed by atoms with Gasteiger partial charge in [-0.15, -0.1) is 0 Å². The molecule has 8 nitrogen and oxygen atoms in total. The Morgan fingerprint density at radius 2 is 1.81 bits per heavy atom. The molecule has 14 heteroatoms. The molecule has 0 spiro atoms. The summed E-state index contributed by atoms with van der Waals surface area (Å²) in [6, 6.07) is 0. The van der Waals surface area contributed by atoms with E-state index in [-0.39, 0.29) is 31.6 Å². The number of hydrogen-bond acceptors (Lipinski definition) is 5. The van der Waals surface area contributed by atoms with Crippen LogP contribution in [0.4, 0.5) is 31.1 Å². The van der Waals surface area contributed by atoms with Gasteiger partial charge in [0.2, 0.25) is 0 Å². The quantitative estimate of drug-likeness (QED) is 0.508. The van der Waals surface area contributed by atoms with E-state index in [1.54, 1.807) is 6.92 Å². The molecule has 2 amide bonds. The zero-order valence-corrected chi connectivity index (χ0v) is 17.0. The first-order valence-corrected chi connectivity index (χ1v) is 9.28. The molecule has 1 fully saturated rings. The van der Waals surface area contributed by atoms with Crippen LogP contribution in [0.3, 0.4) is 0 Å². The van der Waals surface area contributed by atoms with Crippen molar-refractivity contribution in [2.24, 2.45) is 0 Å². The van der Waals surface area contributed by atoms with E-state index in [0.717, 1.165) is 11.1 Å². The highest BCUT2D eigenvalue weighted by molar-refractivity contribution is 5.93. The number of imidazole rings is 1. The number of H-pyrrole nitrogens is 1. The van der Waals surface area contributed by atoms with E-state index < -0.39 is 36.0 Å². The smallest absolute Gasteiger partial charge is 0.426 e. The second-order valence-electron chi connectivity index (χ2n) is 7.40. The van der Waals surface area contributed by atoms with Gasteiger partial charge in [-0.2, -0.15) is 26.3 Å². The van der Waals surface area contributed by atoms with E-state index in [9.17, 15) is 35.9 Å². The van der Waals surface area contributed by atoms with Crippen molar-refractivity contribution in [2.75, 3.05) is 20.1 Å². The van der Waals surface area contributed by atoms with E-state index in [1.807, 2.05) is 0 Å². The minimum absolute atomic E-state index is 0.0990. The number of nitrogens with one attached hydrogen (secondary N) is 2. The Labute approximate surface area is 178 Å². The molecule has 1 aliphatic heterocycles. The third-order valence-electron chi connectivity index (χ3n) is 5.20. The summed E-state index contributed by atoms with van der Waals surface area (Å²) >= 11 is 0. The number of rotatable bonds is 5. The van der Waals surface area contributed by atoms with E-state index >= 15 is 0 Å². The van der Waals surface area contributed by atoms with Gasteiger partial charge in [-0.25, -0.2) is 9.78 Å². The number of alkyl halides is 6. The molecular formula is C18H21F6N5O3. The van der Waals surface area contributed by atoms with Crippen LogP contribution in [0.5, 0.6) is 0 Å². The Bertz CT molecular complexity index is 857. The number of hydrogen-bond donors (Lipinski definition) is 2. The van der Waals surface area contributed by atoms with Crippen LogP contribution in [0.15, 0.2) is 12.3 Å². The van der Waals surface area contributed by atoms with Crippen LogP contribution >= 0.6 is 0 Å². The second kappa shape index (κ2) is 9.20. The Balaban J connectivity index is 2.02. The summed E-state index contributed by atoms with van der Waals surface area (Å²) < 4.78 is 79.4. The first-order valence-electron chi connectivity index (χ1n) is 9.28. The minimum Gasteiger partial charge on any atom is -0.426 e. The van der Waals surface area contributed by atoms with Crippen LogP contribution in [-0.2, 0) is 4.74 Å². The highest BCUT2D eigenvalue weighted by Gasteiger charge is 2.60. The molecule has 0 saturated carbocycles. The Morgan fingerprint density at radius 1 is 1.25 bits per heavy atom. The number of aromatic amines is 1. The average molecular weight is 469 g/mol. The zero-order chi connectivity index (χ0) is 24.3. The highest BCUT2D eigenvalue weighted by Crippen LogP contribution is 2.36. The lowest BCUT2D eigenvalue weighted by atomic mass is 9.88. The first kappa shape index (κ1) is 25.2. The van der Waals surface area contributed by atoms with Crippen LogP contribution in [0.25, 0.3) is 6.08 Å². The Kier molecular flexibility index (Phi) is 7.25. The SMILES string of the molecule is CN(C(=O)c1cnc(/C=C\C=N)[nH]1)C1(C)CCN(C(=O)OC(C(F)(F)F)C(F)(F)F)CC1. The Hall–Kier alpha value is -3.06. The predicted molar refractivity (Wildman–Crippen MR) is 100 cm³/mol. The van der Waals surface area contributed by atoms with Gasteiger partial charge in [0, 0.05) is 31.9 Å². The van der Waals surface area contributed by atoms with E-state index in [2.05, 4.69) is 14.7 Å². The number of nitrogens with zero attached hydrogens (tertiary/aromatic N) is 3. The number of likely N-dealkylation sites (tertiary alicyclic amines) is 1. The summed E-state index contributed by atoms with van der Waals surface area (Å²) in [5.41, 5.74) is -0.671. The van der Waals surface area contributed by atoms with Crippen LogP contribution in [-0.4, -0.2) is 82.1 Å². The molecule has 0 unspecified atom stereocenters. The molecule has 0 aliphatic carbocycles. The molecule has 0 radical (unpaired) electrons. The average Bonchev–Trinajstić information content (AvgIpc) is 3.17. The number of ether oxygens (including phenoxy) is 1. The normalized spacial score (nSPS) is 17.0. The topological polar surface area (TPSA) is 102 Å². The predicted octanol–water partition coefficient (Wildman–Crippen LogP) is 3.63. The third kappa shape index (κ3) is 5.79. The fourth-order valence-electron chi connectivity index (χ4n) is 3.10. The fourth-order valence-corrected chi connectivity index (χ4v) is 3.10. The van der Waals surface area contributed by atoms with Gasteiger partial charge in [0.25, 0.3) is 12.0 Å². The summed E-state index contributed by atoms with van der Waals surface area (Å²) in [7, 11) is 1.49. The zero-order valence-electron chi connectivity index (χ0n) is 17.0. The summed E-state index contributed by atoms with van der Waals surface area (Å²) in [4.78, 5) is 33.5. The van der Waals surface area contributed by atoms with E-state index in [0.29, 0.717) is 5.82 Å². The van der Waals surface area contributed by atoms with Gasteiger partial charge < -0.3 is 24.9 Å². The lowest BCUT2D eigenvalue weighted by Gasteiger charge is -2.44. The van der Waals surface area contributed by atoms with Gasteiger partial charge in [-0.05, 0) is 31.9 Å². The maximum Gasteiger partial charge on any atom is 0.434 e. The van der Waals surface area contributed by atoms with Crippen molar-refractivity contribution in [3.05, 3.63) is 23.8 Å². The number of carbonyl (C=O) groups excluding carboxylic acids is 2. The number of piperidine rings is 1. The number of amides is 2. The van der Waals surface area contributed by atoms with Crippen molar-refractivity contribution < 1.29 is 40.7 Å². The fraction of sp³-hybridized carbons (Fsp3) is 0.556. The molecule has 1 aromatic heterocycles. The molecular weight excluding hydrogens is 448 g/mol. The minimum atomic E-state index is -5.79. The van der Waals surface area contributed by atoms with Crippen molar-refractivity contribution in [1.29, 1.82) is 5.41 Å². The molecule has 0 atom stereocenters. The second-order valence-corrected chi connectivity index (χ2v) is 7.40. The summed E-state index contributed by atoms with van der Waals surface area (Å²) in [6.07, 6.45) is -12.1. The molecule has 2 heterocycles. The number of carbonyl (C=O) groups is 2. The van der Waals surface area contributed by atoms with Gasteiger partial charge in [0.05, 0.1) is 6.20 Å². The Morgan fingerprint density at radius 3 is 2.31 bits per heavy atom. The summed E-state index contributed by atoms with van der Waals surface area (Å²) in [5.74, 6) is -0.100. The van der Waals surface area contributed by atoms with E-state index in [1.165, 1.54) is 30.3 Å². The van der Waals surface area contributed by atoms with Gasteiger partial charge >= 0.3 is 18.4 Å². The van der Waals surface area contributed by atoms with Crippen LogP contribution in [0.1, 0.15) is 36.1 Å². The molecule has 1 aromatic rings. The van der Waals surface area contributed by atoms with Crippen molar-refractivity contribution >= 4 is 24.3 Å². The van der Waals surface area contributed by atoms with Crippen molar-refractivity contribution in [2.45, 2.75) is 43.8 Å². The maximum atomic E-state index is 12.7. The molecule has 0 aromatic carbocycles. The highest BCUT2D eigenvalue weighted by atomic mass is 19.4. The monoisotopic (exact) mass is 469 g/mol. The molecule has 0 bridgehead atoms.